The zero-order valence-corrected chi connectivity index (χ0v) is 14.0. The summed E-state index contributed by atoms with van der Waals surface area (Å²) in [6.45, 7) is 7.33. The van der Waals surface area contributed by atoms with E-state index in [2.05, 4.69) is 38.4 Å². The minimum atomic E-state index is 0. The van der Waals surface area contributed by atoms with Crippen molar-refractivity contribution in [3.8, 4) is 0 Å². The first kappa shape index (κ1) is 17.4. The van der Waals surface area contributed by atoms with E-state index in [-0.39, 0.29) is 12.4 Å². The monoisotopic (exact) mass is 340 g/mol. The van der Waals surface area contributed by atoms with E-state index in [4.69, 9.17) is 0 Å². The zero-order chi connectivity index (χ0) is 16.2. The fourth-order valence-electron chi connectivity index (χ4n) is 2.14. The Labute approximate surface area is 145 Å². The van der Waals surface area contributed by atoms with Crippen LogP contribution in [0.2, 0.25) is 0 Å². The highest BCUT2D eigenvalue weighted by Gasteiger charge is 1.99. The van der Waals surface area contributed by atoms with Gasteiger partial charge >= 0.3 is 0 Å². The molecule has 0 saturated heterocycles. The lowest BCUT2D eigenvalue weighted by Crippen LogP contribution is -1.90. The molecule has 0 amide bonds. The van der Waals surface area contributed by atoms with E-state index < -0.39 is 0 Å². The average molecular weight is 341 g/mol. The molecular formula is C17H17ClN6. The Balaban J connectivity index is 0.000000167. The number of pyridine rings is 2. The normalized spacial score (nSPS) is 9.88. The molecule has 0 aliphatic carbocycles. The third kappa shape index (κ3) is 3.49. The van der Waals surface area contributed by atoms with Gasteiger partial charge in [-0.15, -0.1) is 12.4 Å². The molecule has 0 aliphatic rings. The molecule has 0 fully saturated rings. The van der Waals surface area contributed by atoms with Gasteiger partial charge < -0.3 is 0 Å². The third-order valence-electron chi connectivity index (χ3n) is 3.38. The average Bonchev–Trinajstić information content (AvgIpc) is 3.21. The Kier molecular flexibility index (Phi) is 5.44. The quantitative estimate of drug-likeness (QED) is 0.604. The van der Waals surface area contributed by atoms with Gasteiger partial charge in [-0.3, -0.25) is 9.78 Å². The van der Waals surface area contributed by atoms with Crippen LogP contribution in [0.1, 0.15) is 11.1 Å². The largest absolute Gasteiger partial charge is 0.261 e. The standard InChI is InChI=1S/C9H9N3.C8H7N3.ClH/c1-3-7-4-8-6-11-12(2)9(8)10-5-7;1-2-6-3-7-5-10-11-8(7)9-4-6;/h3-6H,1H2,2H3;2-5H,1H2,(H,9,10,11);1H. The van der Waals surface area contributed by atoms with Gasteiger partial charge in [-0.2, -0.15) is 10.2 Å². The van der Waals surface area contributed by atoms with E-state index in [9.17, 15) is 0 Å². The smallest absolute Gasteiger partial charge is 0.157 e. The fourth-order valence-corrected chi connectivity index (χ4v) is 2.14. The molecule has 0 bridgehead atoms. The summed E-state index contributed by atoms with van der Waals surface area (Å²) in [7, 11) is 1.88. The van der Waals surface area contributed by atoms with Crippen LogP contribution in [0.3, 0.4) is 0 Å². The predicted molar refractivity (Wildman–Crippen MR) is 99.8 cm³/mol. The molecule has 4 rings (SSSR count). The second kappa shape index (κ2) is 7.52. The Hall–Kier alpha value is -2.99. The van der Waals surface area contributed by atoms with Gasteiger partial charge in [-0.05, 0) is 23.3 Å². The molecule has 4 heterocycles. The van der Waals surface area contributed by atoms with Crippen molar-refractivity contribution in [1.82, 2.24) is 29.9 Å². The van der Waals surface area contributed by atoms with E-state index in [1.54, 1.807) is 41.6 Å². The van der Waals surface area contributed by atoms with Crippen LogP contribution in [0.4, 0.5) is 0 Å². The number of aromatic nitrogens is 6. The molecule has 0 aromatic carbocycles. The van der Waals surface area contributed by atoms with Crippen LogP contribution in [-0.2, 0) is 7.05 Å². The fraction of sp³-hybridized carbons (Fsp3) is 0.0588. The Morgan fingerprint density at radius 1 is 0.958 bits per heavy atom. The van der Waals surface area contributed by atoms with Gasteiger partial charge in [-0.1, -0.05) is 25.3 Å². The molecule has 0 radical (unpaired) electrons. The highest BCUT2D eigenvalue weighted by Crippen LogP contribution is 2.12. The summed E-state index contributed by atoms with van der Waals surface area (Å²) >= 11 is 0. The molecule has 122 valence electrons. The van der Waals surface area contributed by atoms with Gasteiger partial charge in [0.1, 0.15) is 0 Å². The summed E-state index contributed by atoms with van der Waals surface area (Å²) in [5.74, 6) is 0. The lowest BCUT2D eigenvalue weighted by atomic mass is 10.2. The first-order chi connectivity index (χ1) is 11.2. The molecule has 4 aromatic heterocycles. The molecule has 6 nitrogen and oxygen atoms in total. The maximum Gasteiger partial charge on any atom is 0.157 e. The molecule has 0 saturated carbocycles. The van der Waals surface area contributed by atoms with Crippen molar-refractivity contribution in [3.63, 3.8) is 0 Å². The second-order valence-corrected chi connectivity index (χ2v) is 4.93. The van der Waals surface area contributed by atoms with Gasteiger partial charge in [0.2, 0.25) is 0 Å². The lowest BCUT2D eigenvalue weighted by molar-refractivity contribution is 0.786. The Bertz CT molecular complexity index is 985. The number of fused-ring (bicyclic) bond motifs is 2. The summed E-state index contributed by atoms with van der Waals surface area (Å²) in [5, 5.41) is 12.8. The van der Waals surface area contributed by atoms with Crippen molar-refractivity contribution in [2.75, 3.05) is 0 Å². The van der Waals surface area contributed by atoms with Crippen molar-refractivity contribution in [2.45, 2.75) is 0 Å². The lowest BCUT2D eigenvalue weighted by Gasteiger charge is -1.93. The first-order valence-electron chi connectivity index (χ1n) is 7.03. The maximum atomic E-state index is 4.24. The predicted octanol–water partition coefficient (Wildman–Crippen LogP) is 3.63. The highest BCUT2D eigenvalue weighted by atomic mass is 35.5. The van der Waals surface area contributed by atoms with Crippen LogP contribution >= 0.6 is 12.4 Å². The van der Waals surface area contributed by atoms with E-state index in [1.807, 2.05) is 19.2 Å². The highest BCUT2D eigenvalue weighted by molar-refractivity contribution is 5.85. The second-order valence-electron chi connectivity index (χ2n) is 4.93. The summed E-state index contributed by atoms with van der Waals surface area (Å²) in [5.41, 5.74) is 3.76. The SMILES string of the molecule is C=Cc1cnc2[nH]ncc2c1.C=Cc1cnc2c(cnn2C)c1.Cl. The van der Waals surface area contributed by atoms with Gasteiger partial charge in [0.15, 0.2) is 11.3 Å². The molecule has 0 spiro atoms. The number of hydrogen-bond acceptors (Lipinski definition) is 4. The van der Waals surface area contributed by atoms with E-state index in [0.717, 1.165) is 33.2 Å². The molecule has 4 aromatic rings. The van der Waals surface area contributed by atoms with Gasteiger partial charge in [0, 0.05) is 30.2 Å². The van der Waals surface area contributed by atoms with Crippen molar-refractivity contribution in [1.29, 1.82) is 0 Å². The van der Waals surface area contributed by atoms with Crippen LogP contribution in [0, 0.1) is 0 Å². The summed E-state index contributed by atoms with van der Waals surface area (Å²) in [6.07, 6.45) is 10.6. The summed E-state index contributed by atoms with van der Waals surface area (Å²) in [4.78, 5) is 8.36. The van der Waals surface area contributed by atoms with Gasteiger partial charge in [-0.25, -0.2) is 9.97 Å². The Morgan fingerprint density at radius 3 is 2.33 bits per heavy atom. The zero-order valence-electron chi connectivity index (χ0n) is 13.2. The molecule has 24 heavy (non-hydrogen) atoms. The number of aromatic amines is 1. The third-order valence-corrected chi connectivity index (χ3v) is 3.38. The number of rotatable bonds is 2. The molecule has 0 unspecified atom stereocenters. The van der Waals surface area contributed by atoms with Crippen LogP contribution in [-0.4, -0.2) is 29.9 Å². The van der Waals surface area contributed by atoms with Crippen molar-refractivity contribution >= 4 is 46.6 Å². The summed E-state index contributed by atoms with van der Waals surface area (Å²) in [6, 6.07) is 4.00. The van der Waals surface area contributed by atoms with Crippen molar-refractivity contribution < 1.29 is 0 Å². The topological polar surface area (TPSA) is 72.3 Å². The van der Waals surface area contributed by atoms with Crippen molar-refractivity contribution in [3.05, 3.63) is 61.2 Å². The van der Waals surface area contributed by atoms with E-state index >= 15 is 0 Å². The number of hydrogen-bond donors (Lipinski definition) is 1. The van der Waals surface area contributed by atoms with E-state index in [1.165, 1.54) is 0 Å². The number of nitrogens with one attached hydrogen (secondary N) is 1. The van der Waals surface area contributed by atoms with E-state index in [0.29, 0.717) is 0 Å². The molecule has 1 N–H and O–H groups in total. The number of H-pyrrole nitrogens is 1. The van der Waals surface area contributed by atoms with Crippen LogP contribution < -0.4 is 0 Å². The minimum Gasteiger partial charge on any atom is -0.261 e. The number of halogens is 1. The molecule has 0 aliphatic heterocycles. The maximum absolute atomic E-state index is 4.24. The Morgan fingerprint density at radius 2 is 1.62 bits per heavy atom. The minimum absolute atomic E-state index is 0. The molecule has 7 heteroatoms. The summed E-state index contributed by atoms with van der Waals surface area (Å²) < 4.78 is 1.75. The van der Waals surface area contributed by atoms with Crippen LogP contribution in [0.15, 0.2) is 50.1 Å². The first-order valence-corrected chi connectivity index (χ1v) is 7.03. The molecular weight excluding hydrogens is 324 g/mol. The van der Waals surface area contributed by atoms with Gasteiger partial charge in [0.25, 0.3) is 0 Å². The number of nitrogens with zero attached hydrogens (tertiary/aromatic N) is 5. The van der Waals surface area contributed by atoms with Gasteiger partial charge in [0.05, 0.1) is 12.4 Å². The molecule has 0 atom stereocenters. The number of aryl methyl sites for hydroxylation is 1. The van der Waals surface area contributed by atoms with Crippen LogP contribution in [0.5, 0.6) is 0 Å². The van der Waals surface area contributed by atoms with Crippen molar-refractivity contribution in [2.24, 2.45) is 7.05 Å². The van der Waals surface area contributed by atoms with Crippen LogP contribution in [0.25, 0.3) is 34.2 Å².